The molecule has 0 aliphatic heterocycles. The van der Waals surface area contributed by atoms with Gasteiger partial charge in [-0.25, -0.2) is 4.79 Å². The fourth-order valence-corrected chi connectivity index (χ4v) is 2.12. The molecular weight excluding hydrogens is 219 g/mol. The molecule has 0 bridgehead atoms. The van der Waals surface area contributed by atoms with Crippen LogP contribution in [-0.4, -0.2) is 25.8 Å². The highest BCUT2D eigenvalue weighted by Gasteiger charge is 2.33. The lowest BCUT2D eigenvalue weighted by molar-refractivity contribution is -0.137. The smallest absolute Gasteiger partial charge is 0.368 e. The topological polar surface area (TPSA) is 61.8 Å². The first-order valence-corrected chi connectivity index (χ1v) is 6.21. The van der Waals surface area contributed by atoms with Crippen molar-refractivity contribution in [1.82, 2.24) is 0 Å². The minimum absolute atomic E-state index is 0.0352. The number of hydrogen-bond acceptors (Lipinski definition) is 5. The third-order valence-corrected chi connectivity index (χ3v) is 3.27. The molecule has 88 valence electrons. The Morgan fingerprint density at radius 1 is 1.27 bits per heavy atom. The fraction of sp³-hybridized carbons (Fsp3) is 0.667. The molecule has 0 heterocycles. The highest BCUT2D eigenvalue weighted by molar-refractivity contribution is 7.59. The second kappa shape index (κ2) is 6.77. The monoisotopic (exact) mass is 238 g/mol. The van der Waals surface area contributed by atoms with E-state index >= 15 is 0 Å². The first-order chi connectivity index (χ1) is 7.92. The molecule has 0 rings (SSSR count). The number of ether oxygens (including phenoxy) is 1. The van der Waals surface area contributed by atoms with Crippen molar-refractivity contribution in [2.24, 2.45) is 0 Å². The van der Waals surface area contributed by atoms with Crippen LogP contribution < -0.4 is 0 Å². The molecule has 0 unspecified atom stereocenters. The number of esters is 1. The molecule has 0 aliphatic carbocycles. The van der Waals surface area contributed by atoms with Crippen molar-refractivity contribution in [2.75, 3.05) is 19.8 Å². The van der Waals surface area contributed by atoms with Crippen molar-refractivity contribution in [3.63, 3.8) is 0 Å². The Hall–Kier alpha value is -0.640. The lowest BCUT2D eigenvalue weighted by atomic mass is 10.6. The van der Waals surface area contributed by atoms with Gasteiger partial charge in [0.15, 0.2) is 0 Å². The van der Waals surface area contributed by atoms with Crippen LogP contribution in [0.1, 0.15) is 23.5 Å². The zero-order valence-corrected chi connectivity index (χ0v) is 10.0. The van der Waals surface area contributed by atoms with E-state index in [0.29, 0.717) is 0 Å². The van der Waals surface area contributed by atoms with E-state index < -0.39 is 25.4 Å². The van der Waals surface area contributed by atoms with Gasteiger partial charge in [0, 0.05) is 0 Å². The van der Waals surface area contributed by atoms with Gasteiger partial charge in [0.2, 0.25) is 0 Å². The quantitative estimate of drug-likeness (QED) is 0.387. The van der Waals surface area contributed by atoms with Gasteiger partial charge in [-0.1, -0.05) is 6.53 Å². The maximum Gasteiger partial charge on any atom is 0.368 e. The van der Waals surface area contributed by atoms with Crippen LogP contribution in [0.5, 0.6) is 0 Å². The molecule has 0 N–H and O–H groups in total. The van der Waals surface area contributed by atoms with Crippen molar-refractivity contribution in [3.05, 3.63) is 11.8 Å². The minimum atomic E-state index is -3.94. The summed E-state index contributed by atoms with van der Waals surface area (Å²) in [5.41, 5.74) is 0. The van der Waals surface area contributed by atoms with Crippen LogP contribution >= 0.6 is 7.60 Å². The Bertz CT molecular complexity index is 328. The van der Waals surface area contributed by atoms with E-state index in [-0.39, 0.29) is 19.8 Å². The van der Waals surface area contributed by atoms with Gasteiger partial charge in [0.05, 0.1) is 22.6 Å². The standard InChI is InChI=1S/C9H17O5P/c1-5-12-9(10)8(4)15(11,13-6-2)14-7-3/h4-7H2,1-3H3/i4D2. The molecule has 0 amide bonds. The molecular formula is C9H17O5P. The van der Waals surface area contributed by atoms with Crippen molar-refractivity contribution in [3.8, 4) is 0 Å². The Balaban J connectivity index is 5.35. The van der Waals surface area contributed by atoms with Gasteiger partial charge in [-0.2, -0.15) is 0 Å². The molecule has 0 aromatic heterocycles. The normalized spacial score (nSPS) is 12.7. The van der Waals surface area contributed by atoms with Crippen molar-refractivity contribution in [1.29, 1.82) is 0 Å². The van der Waals surface area contributed by atoms with Crippen LogP contribution in [0.3, 0.4) is 0 Å². The third kappa shape index (κ3) is 4.16. The fourth-order valence-electron chi connectivity index (χ4n) is 0.818. The summed E-state index contributed by atoms with van der Waals surface area (Å²) < 4.78 is 41.0. The number of rotatable bonds is 7. The molecule has 0 aromatic rings. The molecule has 5 nitrogen and oxygen atoms in total. The van der Waals surface area contributed by atoms with Gasteiger partial charge in [0.1, 0.15) is 5.31 Å². The average Bonchev–Trinajstić information content (AvgIpc) is 2.17. The first kappa shape index (κ1) is 10.9. The van der Waals surface area contributed by atoms with Crippen LogP contribution in [0.15, 0.2) is 11.8 Å². The Morgan fingerprint density at radius 2 is 1.80 bits per heavy atom. The van der Waals surface area contributed by atoms with Gasteiger partial charge in [-0.05, 0) is 20.8 Å². The maximum absolute atomic E-state index is 12.2. The molecule has 0 saturated heterocycles. The van der Waals surface area contributed by atoms with Gasteiger partial charge in [-0.3, -0.25) is 4.57 Å². The van der Waals surface area contributed by atoms with E-state index in [1.807, 2.05) is 0 Å². The predicted molar refractivity (Wildman–Crippen MR) is 56.6 cm³/mol. The molecule has 0 saturated carbocycles. The largest absolute Gasteiger partial charge is 0.462 e. The minimum Gasteiger partial charge on any atom is -0.462 e. The van der Waals surface area contributed by atoms with Crippen LogP contribution in [0, 0.1) is 0 Å². The summed E-state index contributed by atoms with van der Waals surface area (Å²) in [4.78, 5) is 11.5. The Morgan fingerprint density at radius 3 is 2.13 bits per heavy atom. The van der Waals surface area contributed by atoms with Crippen LogP contribution in [0.2, 0.25) is 0 Å². The average molecular weight is 238 g/mol. The lowest BCUT2D eigenvalue weighted by Crippen LogP contribution is -2.10. The van der Waals surface area contributed by atoms with E-state index in [0.717, 1.165) is 0 Å². The van der Waals surface area contributed by atoms with Gasteiger partial charge >= 0.3 is 13.6 Å². The summed E-state index contributed by atoms with van der Waals surface area (Å²) in [7, 11) is -3.94. The van der Waals surface area contributed by atoms with E-state index in [4.69, 9.17) is 11.8 Å². The van der Waals surface area contributed by atoms with Crippen molar-refractivity contribution >= 4 is 13.6 Å². The van der Waals surface area contributed by atoms with Crippen molar-refractivity contribution < 1.29 is 25.9 Å². The van der Waals surface area contributed by atoms with Gasteiger partial charge in [0.25, 0.3) is 0 Å². The molecule has 15 heavy (non-hydrogen) atoms. The first-order valence-electron chi connectivity index (χ1n) is 5.67. The summed E-state index contributed by atoms with van der Waals surface area (Å²) >= 11 is 0. The summed E-state index contributed by atoms with van der Waals surface area (Å²) in [6, 6.07) is 0. The van der Waals surface area contributed by atoms with E-state index in [1.165, 1.54) is 0 Å². The van der Waals surface area contributed by atoms with Crippen molar-refractivity contribution in [2.45, 2.75) is 20.8 Å². The van der Waals surface area contributed by atoms with Crippen LogP contribution in [-0.2, 0) is 23.1 Å². The molecule has 0 radical (unpaired) electrons. The van der Waals surface area contributed by atoms with Crippen LogP contribution in [0.25, 0.3) is 0 Å². The summed E-state index contributed by atoms with van der Waals surface area (Å²) in [6.45, 7) is 3.91. The van der Waals surface area contributed by atoms with Gasteiger partial charge < -0.3 is 13.8 Å². The van der Waals surface area contributed by atoms with E-state index in [2.05, 4.69) is 4.74 Å². The van der Waals surface area contributed by atoms with Gasteiger partial charge in [-0.15, -0.1) is 0 Å². The second-order valence-electron chi connectivity index (χ2n) is 2.40. The molecule has 0 spiro atoms. The highest BCUT2D eigenvalue weighted by Crippen LogP contribution is 2.55. The third-order valence-electron chi connectivity index (χ3n) is 1.34. The molecule has 0 aliphatic rings. The zero-order chi connectivity index (χ0) is 13.5. The highest BCUT2D eigenvalue weighted by atomic mass is 31.2. The zero-order valence-electron chi connectivity index (χ0n) is 11.1. The Kier molecular flexibility index (Phi) is 4.90. The predicted octanol–water partition coefficient (Wildman–Crippen LogP) is 2.33. The molecule has 0 atom stereocenters. The summed E-state index contributed by atoms with van der Waals surface area (Å²) in [6.07, 6.45) is 0. The maximum atomic E-state index is 12.2. The summed E-state index contributed by atoms with van der Waals surface area (Å²) in [5, 5.41) is -0.664. The molecule has 0 fully saturated rings. The second-order valence-corrected chi connectivity index (χ2v) is 4.36. The SMILES string of the molecule is [2H]C([2H])=C(C(=O)OCC)P(=O)(OCC)OCC. The van der Waals surface area contributed by atoms with E-state index in [9.17, 15) is 9.36 Å². The summed E-state index contributed by atoms with van der Waals surface area (Å²) in [5.74, 6) is -1.02. The molecule has 0 aromatic carbocycles. The number of carbonyl (C=O) groups is 1. The van der Waals surface area contributed by atoms with Crippen LogP contribution in [0.4, 0.5) is 0 Å². The number of hydrogen-bond donors (Lipinski definition) is 0. The number of carbonyl (C=O) groups excluding carboxylic acids is 1. The molecule has 6 heteroatoms. The van der Waals surface area contributed by atoms with E-state index in [1.54, 1.807) is 20.8 Å². The lowest BCUT2D eigenvalue weighted by Gasteiger charge is -2.17. The Labute approximate surface area is 92.7 Å².